The molecule has 4 rings (SSSR count). The van der Waals surface area contributed by atoms with Gasteiger partial charge in [-0.3, -0.25) is 9.80 Å². The summed E-state index contributed by atoms with van der Waals surface area (Å²) in [6, 6.07) is 1.03. The Morgan fingerprint density at radius 3 is 2.91 bits per heavy atom. The summed E-state index contributed by atoms with van der Waals surface area (Å²) in [6.07, 6.45) is 3.54. The Hall–Kier alpha value is -1.87. The molecule has 2 fully saturated rings. The van der Waals surface area contributed by atoms with E-state index in [0.717, 1.165) is 44.2 Å². The average Bonchev–Trinajstić information content (AvgIpc) is 2.93. The predicted molar refractivity (Wildman–Crippen MR) is 80.3 cm³/mol. The van der Waals surface area contributed by atoms with Crippen LogP contribution in [0.2, 0.25) is 0 Å². The van der Waals surface area contributed by atoms with Crippen molar-refractivity contribution in [3.05, 3.63) is 17.5 Å². The van der Waals surface area contributed by atoms with Gasteiger partial charge < -0.3 is 4.52 Å². The summed E-state index contributed by atoms with van der Waals surface area (Å²) in [6.45, 7) is 5.45. The van der Waals surface area contributed by atoms with Gasteiger partial charge in [-0.2, -0.15) is 4.98 Å². The molecule has 3 heterocycles. The Morgan fingerprint density at radius 2 is 2.17 bits per heavy atom. The summed E-state index contributed by atoms with van der Waals surface area (Å²) in [7, 11) is 2.12. The third kappa shape index (κ3) is 3.25. The number of aryl methyl sites for hydroxylation is 1. The zero-order chi connectivity index (χ0) is 15.8. The monoisotopic (exact) mass is 318 g/mol. The molecule has 0 amide bonds. The lowest BCUT2D eigenvalue weighted by atomic mass is 10.2. The van der Waals surface area contributed by atoms with Gasteiger partial charge in [0.1, 0.15) is 0 Å². The zero-order valence-electron chi connectivity index (χ0n) is 13.6. The maximum absolute atomic E-state index is 5.04. The van der Waals surface area contributed by atoms with Gasteiger partial charge in [-0.05, 0) is 36.7 Å². The molecule has 23 heavy (non-hydrogen) atoms. The maximum atomic E-state index is 5.04. The lowest BCUT2D eigenvalue weighted by Crippen LogP contribution is -2.34. The Morgan fingerprint density at radius 1 is 1.30 bits per heavy atom. The third-order valence-electron chi connectivity index (χ3n) is 4.65. The molecule has 2 aromatic heterocycles. The third-order valence-corrected chi connectivity index (χ3v) is 4.65. The van der Waals surface area contributed by atoms with E-state index in [1.165, 1.54) is 12.8 Å². The molecule has 0 radical (unpaired) electrons. The number of likely N-dealkylation sites (N-methyl/N-ethyl adjacent to an activating group) is 1. The summed E-state index contributed by atoms with van der Waals surface area (Å²) < 4.78 is 7.04. The summed E-state index contributed by atoms with van der Waals surface area (Å²) in [5, 5.41) is 16.1. The number of likely N-dealkylation sites (tertiary alicyclic amines) is 1. The van der Waals surface area contributed by atoms with Crippen molar-refractivity contribution in [3.8, 4) is 0 Å². The minimum atomic E-state index is 0.499. The maximum Gasteiger partial charge on any atom is 0.223 e. The normalized spacial score (nSPS) is 22.3. The quantitative estimate of drug-likeness (QED) is 0.756. The Labute approximate surface area is 134 Å². The largest absolute Gasteiger partial charge is 0.340 e. The van der Waals surface area contributed by atoms with Gasteiger partial charge in [0.05, 0.1) is 19.1 Å². The molecule has 1 saturated heterocycles. The van der Waals surface area contributed by atoms with Crippen molar-refractivity contribution in [1.82, 2.24) is 40.1 Å². The average molecular weight is 318 g/mol. The first-order valence-electron chi connectivity index (χ1n) is 8.17. The zero-order valence-corrected chi connectivity index (χ0v) is 13.6. The van der Waals surface area contributed by atoms with Gasteiger partial charge in [-0.25, -0.2) is 4.68 Å². The molecule has 9 nitrogen and oxygen atoms in total. The topological polar surface area (TPSA) is 89.0 Å². The van der Waals surface area contributed by atoms with Crippen LogP contribution in [-0.4, -0.2) is 66.3 Å². The van der Waals surface area contributed by atoms with E-state index < -0.39 is 0 Å². The van der Waals surface area contributed by atoms with E-state index in [-0.39, 0.29) is 0 Å². The molecular formula is C14H22N8O. The van der Waals surface area contributed by atoms with Crippen LogP contribution >= 0.6 is 0 Å². The van der Waals surface area contributed by atoms with Gasteiger partial charge >= 0.3 is 0 Å². The fourth-order valence-electron chi connectivity index (χ4n) is 3.19. The predicted octanol–water partition coefficient (Wildman–Crippen LogP) is 0.406. The van der Waals surface area contributed by atoms with Crippen LogP contribution in [0.1, 0.15) is 42.8 Å². The van der Waals surface area contributed by atoms with Crippen molar-refractivity contribution < 1.29 is 4.52 Å². The van der Waals surface area contributed by atoms with Gasteiger partial charge in [0.2, 0.25) is 5.89 Å². The van der Waals surface area contributed by atoms with E-state index in [1.807, 2.05) is 11.6 Å². The van der Waals surface area contributed by atoms with Gasteiger partial charge in [0.15, 0.2) is 11.6 Å². The first-order chi connectivity index (χ1) is 11.2. The first kappa shape index (κ1) is 14.7. The highest BCUT2D eigenvalue weighted by Gasteiger charge is 2.31. The fraction of sp³-hybridized carbons (Fsp3) is 0.786. The fourth-order valence-corrected chi connectivity index (χ4v) is 3.19. The summed E-state index contributed by atoms with van der Waals surface area (Å²) in [4.78, 5) is 9.00. The summed E-state index contributed by atoms with van der Waals surface area (Å²) in [5.74, 6) is 2.36. The molecule has 9 heteroatoms. The second kappa shape index (κ2) is 5.97. The van der Waals surface area contributed by atoms with Crippen molar-refractivity contribution >= 4 is 0 Å². The van der Waals surface area contributed by atoms with Gasteiger partial charge in [-0.1, -0.05) is 5.16 Å². The van der Waals surface area contributed by atoms with Crippen LogP contribution in [0.4, 0.5) is 0 Å². The minimum absolute atomic E-state index is 0.499. The van der Waals surface area contributed by atoms with E-state index in [1.54, 1.807) is 0 Å². The molecule has 2 aliphatic rings. The smallest absolute Gasteiger partial charge is 0.223 e. The highest BCUT2D eigenvalue weighted by Crippen LogP contribution is 2.34. The second-order valence-corrected chi connectivity index (χ2v) is 6.59. The highest BCUT2D eigenvalue weighted by molar-refractivity contribution is 4.93. The van der Waals surface area contributed by atoms with Crippen LogP contribution in [0.15, 0.2) is 4.52 Å². The summed E-state index contributed by atoms with van der Waals surface area (Å²) in [5.41, 5.74) is 0. The molecule has 0 bridgehead atoms. The Balaban J connectivity index is 1.32. The molecule has 1 aliphatic heterocycles. The summed E-state index contributed by atoms with van der Waals surface area (Å²) >= 11 is 0. The van der Waals surface area contributed by atoms with Crippen LogP contribution in [-0.2, 0) is 13.1 Å². The van der Waals surface area contributed by atoms with E-state index in [9.17, 15) is 0 Å². The van der Waals surface area contributed by atoms with Crippen LogP contribution in [0.3, 0.4) is 0 Å². The van der Waals surface area contributed by atoms with Crippen molar-refractivity contribution in [3.63, 3.8) is 0 Å². The molecule has 0 aromatic carbocycles. The van der Waals surface area contributed by atoms with Gasteiger partial charge in [0.25, 0.3) is 0 Å². The van der Waals surface area contributed by atoms with Gasteiger partial charge in [0, 0.05) is 26.1 Å². The van der Waals surface area contributed by atoms with E-state index >= 15 is 0 Å². The molecule has 1 unspecified atom stereocenters. The van der Waals surface area contributed by atoms with E-state index in [2.05, 4.69) is 42.5 Å². The Bertz CT molecular complexity index is 663. The van der Waals surface area contributed by atoms with Crippen LogP contribution in [0.25, 0.3) is 0 Å². The number of aromatic nitrogens is 6. The molecular weight excluding hydrogens is 296 g/mol. The van der Waals surface area contributed by atoms with Crippen LogP contribution in [0.5, 0.6) is 0 Å². The Kier molecular flexibility index (Phi) is 3.82. The minimum Gasteiger partial charge on any atom is -0.340 e. The molecule has 1 atom stereocenters. The van der Waals surface area contributed by atoms with Crippen molar-refractivity contribution in [2.45, 2.75) is 51.4 Å². The molecule has 124 valence electrons. The van der Waals surface area contributed by atoms with Crippen LogP contribution < -0.4 is 0 Å². The molecule has 1 saturated carbocycles. The number of rotatable bonds is 6. The highest BCUT2D eigenvalue weighted by atomic mass is 16.5. The SMILES string of the molecule is Cc1nc(CN(C)C2CCN(Cc3nnnn3C3CC3)C2)no1. The molecule has 1 aliphatic carbocycles. The second-order valence-electron chi connectivity index (χ2n) is 6.59. The van der Waals surface area contributed by atoms with Gasteiger partial charge in [-0.15, -0.1) is 5.10 Å². The molecule has 0 spiro atoms. The van der Waals surface area contributed by atoms with Crippen LogP contribution in [0, 0.1) is 6.92 Å². The number of hydrogen-bond donors (Lipinski definition) is 0. The number of tetrazole rings is 1. The van der Waals surface area contributed by atoms with Crippen molar-refractivity contribution in [2.75, 3.05) is 20.1 Å². The lowest BCUT2D eigenvalue weighted by molar-refractivity contribution is 0.213. The standard InChI is InChI=1S/C14H22N8O/c1-10-15-13(17-23-10)8-20(2)12-5-6-21(7-12)9-14-16-18-19-22(14)11-3-4-11/h11-12H,3-9H2,1-2H3. The number of nitrogens with zero attached hydrogens (tertiary/aromatic N) is 8. The first-order valence-corrected chi connectivity index (χ1v) is 8.17. The number of hydrogen-bond acceptors (Lipinski definition) is 8. The van der Waals surface area contributed by atoms with Crippen molar-refractivity contribution in [1.29, 1.82) is 0 Å². The van der Waals surface area contributed by atoms with E-state index in [4.69, 9.17) is 4.52 Å². The lowest BCUT2D eigenvalue weighted by Gasteiger charge is -2.23. The molecule has 2 aromatic rings. The molecule has 0 N–H and O–H groups in total. The van der Waals surface area contributed by atoms with E-state index in [0.29, 0.717) is 18.0 Å². The van der Waals surface area contributed by atoms with Crippen molar-refractivity contribution in [2.24, 2.45) is 0 Å².